The van der Waals surface area contributed by atoms with Crippen molar-refractivity contribution >= 4 is 11.8 Å². The zero-order chi connectivity index (χ0) is 12.1. The molecule has 0 bridgehead atoms. The normalized spacial score (nSPS) is 11.2. The summed E-state index contributed by atoms with van der Waals surface area (Å²) in [5.41, 5.74) is 2.70. The van der Waals surface area contributed by atoms with Crippen molar-refractivity contribution in [2.24, 2.45) is 0 Å². The highest BCUT2D eigenvalue weighted by Crippen LogP contribution is 2.12. The SMILES string of the molecule is CCc1cccc(C=C(C#N)n2cncn2)c1. The standard InChI is InChI=1S/C13H12N4/c1-2-11-4-3-5-12(6-11)7-13(8-14)17-10-15-9-16-17/h3-7,9-10H,2H2,1H3. The van der Waals surface area contributed by atoms with Gasteiger partial charge in [0.05, 0.1) is 0 Å². The van der Waals surface area contributed by atoms with Crippen LogP contribution in [0.1, 0.15) is 18.1 Å². The maximum absolute atomic E-state index is 9.08. The minimum atomic E-state index is 0.454. The highest BCUT2D eigenvalue weighted by molar-refractivity contribution is 5.78. The van der Waals surface area contributed by atoms with Gasteiger partial charge in [-0.25, -0.2) is 9.67 Å². The zero-order valence-corrected chi connectivity index (χ0v) is 9.54. The van der Waals surface area contributed by atoms with E-state index in [1.54, 1.807) is 6.08 Å². The van der Waals surface area contributed by atoms with Crippen LogP contribution in [-0.2, 0) is 6.42 Å². The Kier molecular flexibility index (Phi) is 3.31. The van der Waals surface area contributed by atoms with Crippen molar-refractivity contribution in [2.75, 3.05) is 0 Å². The summed E-state index contributed by atoms with van der Waals surface area (Å²) in [6.07, 6.45) is 5.70. The Hall–Kier alpha value is -2.41. The predicted octanol–water partition coefficient (Wildman–Crippen LogP) is 2.36. The third-order valence-electron chi connectivity index (χ3n) is 2.44. The van der Waals surface area contributed by atoms with Crippen molar-refractivity contribution in [3.05, 3.63) is 48.0 Å². The van der Waals surface area contributed by atoms with E-state index in [-0.39, 0.29) is 0 Å². The summed E-state index contributed by atoms with van der Waals surface area (Å²) in [5, 5.41) is 13.0. The molecule has 17 heavy (non-hydrogen) atoms. The van der Waals surface area contributed by atoms with Crippen LogP contribution in [0.4, 0.5) is 0 Å². The van der Waals surface area contributed by atoms with Gasteiger partial charge in [0.25, 0.3) is 0 Å². The molecule has 0 N–H and O–H groups in total. The minimum absolute atomic E-state index is 0.454. The third-order valence-corrected chi connectivity index (χ3v) is 2.44. The molecule has 1 heterocycles. The fraction of sp³-hybridized carbons (Fsp3) is 0.154. The van der Waals surface area contributed by atoms with Gasteiger partial charge in [0, 0.05) is 0 Å². The van der Waals surface area contributed by atoms with Crippen LogP contribution < -0.4 is 0 Å². The van der Waals surface area contributed by atoms with E-state index in [0.29, 0.717) is 5.70 Å². The largest absolute Gasteiger partial charge is 0.223 e. The maximum Gasteiger partial charge on any atom is 0.144 e. The molecule has 2 rings (SSSR count). The van der Waals surface area contributed by atoms with Crippen molar-refractivity contribution in [2.45, 2.75) is 13.3 Å². The monoisotopic (exact) mass is 224 g/mol. The lowest BCUT2D eigenvalue weighted by atomic mass is 10.1. The molecular formula is C13H12N4. The van der Waals surface area contributed by atoms with Gasteiger partial charge < -0.3 is 0 Å². The van der Waals surface area contributed by atoms with Crippen LogP contribution in [0.25, 0.3) is 11.8 Å². The number of rotatable bonds is 3. The van der Waals surface area contributed by atoms with Crippen LogP contribution in [0.2, 0.25) is 0 Å². The van der Waals surface area contributed by atoms with Crippen LogP contribution in [0.5, 0.6) is 0 Å². The average molecular weight is 224 g/mol. The van der Waals surface area contributed by atoms with Crippen molar-refractivity contribution in [3.63, 3.8) is 0 Å². The van der Waals surface area contributed by atoms with E-state index < -0.39 is 0 Å². The lowest BCUT2D eigenvalue weighted by Gasteiger charge is -2.00. The Balaban J connectivity index is 2.37. The molecule has 0 amide bonds. The Labute approximate surface area is 99.8 Å². The number of benzene rings is 1. The van der Waals surface area contributed by atoms with Gasteiger partial charge in [-0.05, 0) is 23.6 Å². The van der Waals surface area contributed by atoms with Gasteiger partial charge in [-0.2, -0.15) is 10.4 Å². The second-order valence-electron chi connectivity index (χ2n) is 3.58. The van der Waals surface area contributed by atoms with E-state index in [1.165, 1.54) is 22.9 Å². The number of nitriles is 1. The van der Waals surface area contributed by atoms with Gasteiger partial charge >= 0.3 is 0 Å². The second-order valence-corrected chi connectivity index (χ2v) is 3.58. The first kappa shape index (κ1) is 11.1. The molecular weight excluding hydrogens is 212 g/mol. The lowest BCUT2D eigenvalue weighted by Crippen LogP contribution is -1.95. The number of hydrogen-bond donors (Lipinski definition) is 0. The Morgan fingerprint density at radius 1 is 1.53 bits per heavy atom. The number of aryl methyl sites for hydroxylation is 1. The molecule has 84 valence electrons. The quantitative estimate of drug-likeness (QED) is 0.752. The maximum atomic E-state index is 9.08. The van der Waals surface area contributed by atoms with Crippen LogP contribution >= 0.6 is 0 Å². The fourth-order valence-corrected chi connectivity index (χ4v) is 1.54. The molecule has 0 unspecified atom stereocenters. The molecule has 0 atom stereocenters. The molecule has 0 aliphatic carbocycles. The molecule has 0 saturated heterocycles. The summed E-state index contributed by atoms with van der Waals surface area (Å²) in [7, 11) is 0. The molecule has 0 saturated carbocycles. The van der Waals surface area contributed by atoms with Gasteiger partial charge in [0.15, 0.2) is 0 Å². The molecule has 0 aliphatic rings. The summed E-state index contributed by atoms with van der Waals surface area (Å²) in [5.74, 6) is 0. The van der Waals surface area contributed by atoms with Gasteiger partial charge in [0.2, 0.25) is 0 Å². The van der Waals surface area contributed by atoms with Crippen LogP contribution in [0.15, 0.2) is 36.9 Å². The van der Waals surface area contributed by atoms with Crippen LogP contribution in [0.3, 0.4) is 0 Å². The van der Waals surface area contributed by atoms with E-state index in [4.69, 9.17) is 5.26 Å². The van der Waals surface area contributed by atoms with Gasteiger partial charge in [-0.1, -0.05) is 31.2 Å². The number of aromatic nitrogens is 3. The number of allylic oxidation sites excluding steroid dienone is 1. The Morgan fingerprint density at radius 3 is 3.06 bits per heavy atom. The molecule has 0 aliphatic heterocycles. The summed E-state index contributed by atoms with van der Waals surface area (Å²) < 4.78 is 1.46. The van der Waals surface area contributed by atoms with Crippen molar-refractivity contribution < 1.29 is 0 Å². The fourth-order valence-electron chi connectivity index (χ4n) is 1.54. The lowest BCUT2D eigenvalue weighted by molar-refractivity contribution is 0.914. The molecule has 0 spiro atoms. The average Bonchev–Trinajstić information content (AvgIpc) is 2.90. The van der Waals surface area contributed by atoms with Gasteiger partial charge in [0.1, 0.15) is 24.4 Å². The van der Waals surface area contributed by atoms with E-state index >= 15 is 0 Å². The zero-order valence-electron chi connectivity index (χ0n) is 9.54. The van der Waals surface area contributed by atoms with Crippen LogP contribution in [0, 0.1) is 11.3 Å². The summed E-state index contributed by atoms with van der Waals surface area (Å²) in [6.45, 7) is 2.10. The summed E-state index contributed by atoms with van der Waals surface area (Å²) in [4.78, 5) is 3.83. The Bertz CT molecular complexity index is 561. The molecule has 0 radical (unpaired) electrons. The van der Waals surface area contributed by atoms with Crippen molar-refractivity contribution in [1.29, 1.82) is 5.26 Å². The van der Waals surface area contributed by atoms with E-state index in [2.05, 4.69) is 35.2 Å². The van der Waals surface area contributed by atoms with Crippen LogP contribution in [-0.4, -0.2) is 14.8 Å². The van der Waals surface area contributed by atoms with Gasteiger partial charge in [-0.3, -0.25) is 0 Å². The van der Waals surface area contributed by atoms with Crippen molar-refractivity contribution in [1.82, 2.24) is 14.8 Å². The molecule has 1 aromatic heterocycles. The highest BCUT2D eigenvalue weighted by atomic mass is 15.3. The van der Waals surface area contributed by atoms with Crippen molar-refractivity contribution in [3.8, 4) is 6.07 Å². The second kappa shape index (κ2) is 5.08. The molecule has 0 fully saturated rings. The topological polar surface area (TPSA) is 54.5 Å². The first-order valence-electron chi connectivity index (χ1n) is 5.39. The smallest absolute Gasteiger partial charge is 0.144 e. The number of nitrogens with zero attached hydrogens (tertiary/aromatic N) is 4. The highest BCUT2D eigenvalue weighted by Gasteiger charge is 2.00. The van der Waals surface area contributed by atoms with E-state index in [0.717, 1.165) is 12.0 Å². The Morgan fingerprint density at radius 2 is 2.41 bits per heavy atom. The molecule has 1 aromatic carbocycles. The predicted molar refractivity (Wildman–Crippen MR) is 65.6 cm³/mol. The van der Waals surface area contributed by atoms with E-state index in [1.807, 2.05) is 12.1 Å². The molecule has 2 aromatic rings. The summed E-state index contributed by atoms with van der Waals surface area (Å²) in [6, 6.07) is 10.2. The first-order valence-corrected chi connectivity index (χ1v) is 5.39. The number of hydrogen-bond acceptors (Lipinski definition) is 3. The third kappa shape index (κ3) is 2.58. The summed E-state index contributed by atoms with van der Waals surface area (Å²) >= 11 is 0. The van der Waals surface area contributed by atoms with E-state index in [9.17, 15) is 0 Å². The molecule has 4 nitrogen and oxygen atoms in total. The first-order chi connectivity index (χ1) is 8.33. The minimum Gasteiger partial charge on any atom is -0.223 e. The molecule has 4 heteroatoms. The van der Waals surface area contributed by atoms with Gasteiger partial charge in [-0.15, -0.1) is 0 Å².